The van der Waals surface area contributed by atoms with E-state index in [1.807, 2.05) is 0 Å². The Balaban J connectivity index is 2.49. The first-order valence-corrected chi connectivity index (χ1v) is 6.90. The average Bonchev–Trinajstić information content (AvgIpc) is 2.26. The Morgan fingerprint density at radius 1 is 1.44 bits per heavy atom. The molecule has 0 aliphatic rings. The van der Waals surface area contributed by atoms with Gasteiger partial charge in [0.25, 0.3) is 0 Å². The van der Waals surface area contributed by atoms with E-state index in [-0.39, 0.29) is 12.4 Å². The molecule has 1 rings (SSSR count). The van der Waals surface area contributed by atoms with Gasteiger partial charge in [-0.15, -0.1) is 0 Å². The van der Waals surface area contributed by atoms with E-state index in [1.165, 1.54) is 6.92 Å². The van der Waals surface area contributed by atoms with Crippen LogP contribution in [0.25, 0.3) is 0 Å². The predicted molar refractivity (Wildman–Crippen MR) is 68.2 cm³/mol. The van der Waals surface area contributed by atoms with Gasteiger partial charge in [0.05, 0.1) is 6.61 Å². The highest BCUT2D eigenvalue weighted by Gasteiger charge is 2.26. The minimum atomic E-state index is -4.19. The van der Waals surface area contributed by atoms with Gasteiger partial charge in [-0.3, -0.25) is 4.89 Å². The van der Waals surface area contributed by atoms with E-state index in [0.717, 1.165) is 5.57 Å². The first-order valence-electron chi connectivity index (χ1n) is 5.41. The minimum absolute atomic E-state index is 0.256. The van der Waals surface area contributed by atoms with Gasteiger partial charge in [0, 0.05) is 0 Å². The van der Waals surface area contributed by atoms with E-state index in [4.69, 9.17) is 13.8 Å². The lowest BCUT2D eigenvalue weighted by Crippen LogP contribution is -2.14. The highest BCUT2D eigenvalue weighted by molar-refractivity contribution is 7.47. The van der Waals surface area contributed by atoms with Crippen LogP contribution >= 0.6 is 7.82 Å². The predicted octanol–water partition coefficient (Wildman–Crippen LogP) is 3.12. The second-order valence-electron chi connectivity index (χ2n) is 3.81. The van der Waals surface area contributed by atoms with Crippen LogP contribution in [0.2, 0.25) is 0 Å². The Hall–Kier alpha value is -1.13. The molecule has 0 bridgehead atoms. The maximum Gasteiger partial charge on any atom is 0.529 e. The zero-order valence-electron chi connectivity index (χ0n) is 10.4. The number of phosphoric acid groups is 1. The number of phosphoric ester groups is 1. The highest BCUT2D eigenvalue weighted by atomic mass is 31.2. The maximum atomic E-state index is 11.6. The van der Waals surface area contributed by atoms with E-state index in [1.54, 1.807) is 37.3 Å². The third-order valence-electron chi connectivity index (χ3n) is 1.81. The van der Waals surface area contributed by atoms with Crippen LogP contribution in [0, 0.1) is 0 Å². The Morgan fingerprint density at radius 2 is 2.06 bits per heavy atom. The molecular formula is C12H17O5P. The molecule has 1 N–H and O–H groups in total. The van der Waals surface area contributed by atoms with Crippen molar-refractivity contribution in [3.8, 4) is 5.75 Å². The van der Waals surface area contributed by atoms with Gasteiger partial charge in [0.15, 0.2) is 6.29 Å². The topological polar surface area (TPSA) is 65.0 Å². The van der Waals surface area contributed by atoms with Crippen LogP contribution in [0.4, 0.5) is 0 Å². The van der Waals surface area contributed by atoms with Gasteiger partial charge in [0.1, 0.15) is 5.75 Å². The normalized spacial score (nSPS) is 15.7. The van der Waals surface area contributed by atoms with Gasteiger partial charge in [-0.05, 0) is 26.0 Å². The number of hydrogen-bond donors (Lipinski definition) is 1. The van der Waals surface area contributed by atoms with Gasteiger partial charge in [-0.2, -0.15) is 0 Å². The number of ether oxygens (including phenoxy) is 1. The third-order valence-corrected chi connectivity index (χ3v) is 2.81. The molecular weight excluding hydrogens is 255 g/mol. The zero-order valence-corrected chi connectivity index (χ0v) is 11.3. The lowest BCUT2D eigenvalue weighted by atomic mass is 10.3. The molecule has 1 aromatic rings. The number of hydrogen-bond acceptors (Lipinski definition) is 4. The molecule has 0 spiro atoms. The number of para-hydroxylation sites is 1. The van der Waals surface area contributed by atoms with Crippen LogP contribution in [0.1, 0.15) is 13.8 Å². The summed E-state index contributed by atoms with van der Waals surface area (Å²) in [6, 6.07) is 8.28. The lowest BCUT2D eigenvalue weighted by molar-refractivity contribution is -0.0697. The van der Waals surface area contributed by atoms with E-state index >= 15 is 0 Å². The van der Waals surface area contributed by atoms with Crippen molar-refractivity contribution in [1.29, 1.82) is 0 Å². The summed E-state index contributed by atoms with van der Waals surface area (Å²) in [5, 5.41) is 0. The second kappa shape index (κ2) is 6.71. The van der Waals surface area contributed by atoms with Crippen molar-refractivity contribution < 1.29 is 23.2 Å². The molecule has 0 aromatic heterocycles. The van der Waals surface area contributed by atoms with Gasteiger partial charge in [-0.1, -0.05) is 30.4 Å². The smallest absolute Gasteiger partial charge is 0.404 e. The molecule has 0 saturated heterocycles. The van der Waals surface area contributed by atoms with E-state index in [9.17, 15) is 9.46 Å². The van der Waals surface area contributed by atoms with Gasteiger partial charge < -0.3 is 9.26 Å². The van der Waals surface area contributed by atoms with Crippen molar-refractivity contribution in [1.82, 2.24) is 0 Å². The average molecular weight is 272 g/mol. The van der Waals surface area contributed by atoms with Crippen LogP contribution in [-0.2, 0) is 13.8 Å². The van der Waals surface area contributed by atoms with Crippen molar-refractivity contribution in [2.45, 2.75) is 20.1 Å². The molecule has 0 fully saturated rings. The summed E-state index contributed by atoms with van der Waals surface area (Å²) in [5.74, 6) is 0.260. The summed E-state index contributed by atoms with van der Waals surface area (Å²) >= 11 is 0. The number of rotatable bonds is 7. The van der Waals surface area contributed by atoms with Gasteiger partial charge in [-0.25, -0.2) is 9.09 Å². The monoisotopic (exact) mass is 272 g/mol. The number of benzene rings is 1. The molecule has 0 aliphatic carbocycles. The van der Waals surface area contributed by atoms with Gasteiger partial charge >= 0.3 is 7.82 Å². The first-order chi connectivity index (χ1) is 8.39. The van der Waals surface area contributed by atoms with Crippen LogP contribution in [-0.4, -0.2) is 17.8 Å². The van der Waals surface area contributed by atoms with Crippen molar-refractivity contribution in [3.05, 3.63) is 42.5 Å². The van der Waals surface area contributed by atoms with Crippen LogP contribution in [0.3, 0.4) is 0 Å². The fourth-order valence-corrected chi connectivity index (χ4v) is 1.98. The molecule has 0 heterocycles. The van der Waals surface area contributed by atoms with E-state index in [0.29, 0.717) is 0 Å². The van der Waals surface area contributed by atoms with Crippen molar-refractivity contribution in [2.75, 3.05) is 6.61 Å². The summed E-state index contributed by atoms with van der Waals surface area (Å²) in [4.78, 5) is 9.51. The Bertz CT molecular complexity index is 431. The van der Waals surface area contributed by atoms with Crippen molar-refractivity contribution in [3.63, 3.8) is 0 Å². The summed E-state index contributed by atoms with van der Waals surface area (Å²) in [6.07, 6.45) is -0.860. The standard InChI is InChI=1S/C12H17O5P/c1-10(2)9-15-11(3)16-18(13,14)17-12-7-5-4-6-8-12/h4-8,11H,1,9H2,2-3H3,(H,13,14). The molecule has 100 valence electrons. The Labute approximate surface area is 107 Å². The van der Waals surface area contributed by atoms with Gasteiger partial charge in [0.2, 0.25) is 0 Å². The van der Waals surface area contributed by atoms with E-state index < -0.39 is 14.1 Å². The summed E-state index contributed by atoms with van der Waals surface area (Å²) in [6.45, 7) is 7.20. The van der Waals surface area contributed by atoms with Crippen LogP contribution < -0.4 is 4.52 Å². The fourth-order valence-electron chi connectivity index (χ4n) is 1.11. The molecule has 1 aromatic carbocycles. The summed E-state index contributed by atoms with van der Waals surface area (Å²) < 4.78 is 26.5. The van der Waals surface area contributed by atoms with E-state index in [2.05, 4.69) is 6.58 Å². The molecule has 2 atom stereocenters. The third kappa shape index (κ3) is 5.98. The SMILES string of the molecule is C=C(C)COC(C)OP(=O)(O)Oc1ccccc1. The van der Waals surface area contributed by atoms with Crippen LogP contribution in [0.15, 0.2) is 42.5 Å². The summed E-state index contributed by atoms with van der Waals surface area (Å²) in [7, 11) is -4.19. The maximum absolute atomic E-state index is 11.6. The molecule has 0 saturated carbocycles. The Kier molecular flexibility index (Phi) is 5.56. The second-order valence-corrected chi connectivity index (χ2v) is 5.14. The zero-order chi connectivity index (χ0) is 13.6. The molecule has 0 amide bonds. The molecule has 2 unspecified atom stereocenters. The van der Waals surface area contributed by atoms with Crippen LogP contribution in [0.5, 0.6) is 5.75 Å². The fraction of sp³-hybridized carbons (Fsp3) is 0.333. The largest absolute Gasteiger partial charge is 0.529 e. The lowest BCUT2D eigenvalue weighted by Gasteiger charge is -2.18. The minimum Gasteiger partial charge on any atom is -0.404 e. The molecule has 18 heavy (non-hydrogen) atoms. The first kappa shape index (κ1) is 14.9. The molecule has 0 aliphatic heterocycles. The molecule has 6 heteroatoms. The van der Waals surface area contributed by atoms with Crippen molar-refractivity contribution >= 4 is 7.82 Å². The highest BCUT2D eigenvalue weighted by Crippen LogP contribution is 2.45. The quantitative estimate of drug-likeness (QED) is 0.469. The molecule has 0 radical (unpaired) electrons. The van der Waals surface area contributed by atoms with Crippen molar-refractivity contribution in [2.24, 2.45) is 0 Å². The summed E-state index contributed by atoms with van der Waals surface area (Å²) in [5.41, 5.74) is 0.794. The molecule has 5 nitrogen and oxygen atoms in total. The Morgan fingerprint density at radius 3 is 2.61 bits per heavy atom.